The van der Waals surface area contributed by atoms with Crippen LogP contribution in [0.4, 0.5) is 5.69 Å². The van der Waals surface area contributed by atoms with E-state index in [9.17, 15) is 9.59 Å². The zero-order valence-electron chi connectivity index (χ0n) is 17.5. The molecule has 0 fully saturated rings. The van der Waals surface area contributed by atoms with Gasteiger partial charge < -0.3 is 14.2 Å². The molecule has 0 aromatic heterocycles. The first-order valence-electron chi connectivity index (χ1n) is 9.44. The molecule has 2 aromatic carbocycles. The number of hydrogen-bond donors (Lipinski definition) is 0. The Morgan fingerprint density at radius 3 is 2.45 bits per heavy atom. The lowest BCUT2D eigenvalue weighted by Gasteiger charge is -2.19. The van der Waals surface area contributed by atoms with E-state index >= 15 is 0 Å². The van der Waals surface area contributed by atoms with Crippen molar-refractivity contribution in [2.75, 3.05) is 25.7 Å². The van der Waals surface area contributed by atoms with Crippen LogP contribution in [0.5, 0.6) is 11.5 Å². The first kappa shape index (κ1) is 22.2. The van der Waals surface area contributed by atoms with E-state index in [1.165, 1.54) is 19.1 Å². The molecule has 0 saturated heterocycles. The summed E-state index contributed by atoms with van der Waals surface area (Å²) < 4.78 is 15.6. The van der Waals surface area contributed by atoms with Crippen LogP contribution in [0.25, 0.3) is 6.08 Å². The number of carbonyl (C=O) groups excluding carboxylic acids is 2. The molecule has 160 valence electrons. The number of nitrogens with zero attached hydrogens (tertiary/aromatic N) is 1. The minimum absolute atomic E-state index is 0.200. The maximum atomic E-state index is 13.3. The van der Waals surface area contributed by atoms with Gasteiger partial charge in [0.2, 0.25) is 0 Å². The molecule has 0 radical (unpaired) electrons. The summed E-state index contributed by atoms with van der Waals surface area (Å²) in [7, 11) is 2.79. The van der Waals surface area contributed by atoms with Gasteiger partial charge in [0.25, 0.3) is 5.91 Å². The summed E-state index contributed by atoms with van der Waals surface area (Å²) in [6.07, 6.45) is 3.31. The number of benzene rings is 2. The predicted octanol–water partition coefficient (Wildman–Crippen LogP) is 4.79. The number of amides is 1. The SMILES string of the molecule is C=CCOc1ccc(/C=C2\C(=O)N(c3ccc(OC)c(Cl)c3)C(C)=C2C(=O)OC)cc1. The quantitative estimate of drug-likeness (QED) is 0.352. The van der Waals surface area contributed by atoms with Crippen molar-refractivity contribution >= 4 is 35.2 Å². The smallest absolute Gasteiger partial charge is 0.340 e. The molecule has 0 atom stereocenters. The van der Waals surface area contributed by atoms with E-state index in [1.807, 2.05) is 0 Å². The fourth-order valence-electron chi connectivity index (χ4n) is 3.27. The van der Waals surface area contributed by atoms with Crippen molar-refractivity contribution in [1.82, 2.24) is 0 Å². The molecule has 3 rings (SSSR count). The number of ether oxygens (including phenoxy) is 3. The summed E-state index contributed by atoms with van der Waals surface area (Å²) in [6.45, 7) is 5.70. The second-order valence-corrected chi connectivity index (χ2v) is 7.05. The number of rotatable bonds is 7. The minimum atomic E-state index is -0.592. The molecule has 1 aliphatic heterocycles. The Hall–Kier alpha value is -3.51. The molecule has 1 amide bonds. The third-order valence-corrected chi connectivity index (χ3v) is 5.04. The lowest BCUT2D eigenvalue weighted by Crippen LogP contribution is -2.24. The van der Waals surface area contributed by atoms with Crippen molar-refractivity contribution in [3.63, 3.8) is 0 Å². The van der Waals surface area contributed by atoms with Crippen molar-refractivity contribution in [3.05, 3.63) is 82.5 Å². The molecule has 0 unspecified atom stereocenters. The van der Waals surface area contributed by atoms with E-state index in [0.29, 0.717) is 34.5 Å². The Labute approximate surface area is 186 Å². The second kappa shape index (κ2) is 9.53. The molecule has 0 N–H and O–H groups in total. The summed E-state index contributed by atoms with van der Waals surface area (Å²) in [5, 5.41) is 0.354. The summed E-state index contributed by atoms with van der Waals surface area (Å²) in [4.78, 5) is 27.3. The normalized spacial score (nSPS) is 14.8. The van der Waals surface area contributed by atoms with Crippen molar-refractivity contribution in [1.29, 1.82) is 0 Å². The van der Waals surface area contributed by atoms with Gasteiger partial charge in [0.15, 0.2) is 0 Å². The third-order valence-electron chi connectivity index (χ3n) is 4.74. The van der Waals surface area contributed by atoms with Crippen molar-refractivity contribution in [2.24, 2.45) is 0 Å². The fourth-order valence-corrected chi connectivity index (χ4v) is 3.52. The fraction of sp³-hybridized carbons (Fsp3) is 0.167. The van der Waals surface area contributed by atoms with Crippen molar-refractivity contribution in [2.45, 2.75) is 6.92 Å². The van der Waals surface area contributed by atoms with E-state index in [-0.39, 0.29) is 17.1 Å². The minimum Gasteiger partial charge on any atom is -0.495 e. The Morgan fingerprint density at radius 2 is 1.87 bits per heavy atom. The van der Waals surface area contributed by atoms with E-state index in [2.05, 4.69) is 6.58 Å². The average molecular weight is 440 g/mol. The topological polar surface area (TPSA) is 65.1 Å². The maximum absolute atomic E-state index is 13.3. The molecule has 0 saturated carbocycles. The molecular weight excluding hydrogens is 418 g/mol. The van der Waals surface area contributed by atoms with E-state index in [0.717, 1.165) is 5.56 Å². The number of carbonyl (C=O) groups is 2. The summed E-state index contributed by atoms with van der Waals surface area (Å²) >= 11 is 6.24. The molecule has 0 bridgehead atoms. The zero-order chi connectivity index (χ0) is 22.5. The first-order valence-corrected chi connectivity index (χ1v) is 9.82. The molecule has 31 heavy (non-hydrogen) atoms. The van der Waals surface area contributed by atoms with Gasteiger partial charge in [-0.15, -0.1) is 0 Å². The molecule has 7 heteroatoms. The molecule has 1 heterocycles. The maximum Gasteiger partial charge on any atom is 0.340 e. The molecule has 1 aliphatic rings. The van der Waals surface area contributed by atoms with Crippen LogP contribution >= 0.6 is 11.6 Å². The molecule has 0 aliphatic carbocycles. The summed E-state index contributed by atoms with van der Waals surface area (Å²) in [5.41, 5.74) is 2.14. The second-order valence-electron chi connectivity index (χ2n) is 6.64. The monoisotopic (exact) mass is 439 g/mol. The van der Waals surface area contributed by atoms with Crippen LogP contribution in [0.1, 0.15) is 12.5 Å². The lowest BCUT2D eigenvalue weighted by molar-refractivity contribution is -0.136. The van der Waals surface area contributed by atoms with E-state index in [4.69, 9.17) is 25.8 Å². The summed E-state index contributed by atoms with van der Waals surface area (Å²) in [5.74, 6) is 0.215. The van der Waals surface area contributed by atoms with Gasteiger partial charge in [-0.2, -0.15) is 0 Å². The number of allylic oxidation sites excluding steroid dienone is 1. The van der Waals surface area contributed by atoms with Crippen LogP contribution in [0, 0.1) is 0 Å². The van der Waals surface area contributed by atoms with E-state index in [1.54, 1.807) is 61.5 Å². The summed E-state index contributed by atoms with van der Waals surface area (Å²) in [6, 6.07) is 12.2. The Morgan fingerprint density at radius 1 is 1.16 bits per heavy atom. The number of anilines is 1. The van der Waals surface area contributed by atoms with Crippen LogP contribution < -0.4 is 14.4 Å². The van der Waals surface area contributed by atoms with Gasteiger partial charge in [0, 0.05) is 5.70 Å². The van der Waals surface area contributed by atoms with Crippen LogP contribution in [0.3, 0.4) is 0 Å². The highest BCUT2D eigenvalue weighted by atomic mass is 35.5. The largest absolute Gasteiger partial charge is 0.495 e. The molecule has 6 nitrogen and oxygen atoms in total. The number of hydrogen-bond acceptors (Lipinski definition) is 5. The van der Waals surface area contributed by atoms with Gasteiger partial charge in [-0.1, -0.05) is 36.4 Å². The molecular formula is C24H22ClNO5. The van der Waals surface area contributed by atoms with Crippen LogP contribution in [0.2, 0.25) is 5.02 Å². The first-order chi connectivity index (χ1) is 14.9. The van der Waals surface area contributed by atoms with Gasteiger partial charge in [0.1, 0.15) is 18.1 Å². The van der Waals surface area contributed by atoms with Gasteiger partial charge in [-0.3, -0.25) is 9.69 Å². The highest BCUT2D eigenvalue weighted by molar-refractivity contribution is 6.32. The number of methoxy groups -OCH3 is 2. The molecule has 0 spiro atoms. The average Bonchev–Trinajstić information content (AvgIpc) is 3.02. The predicted molar refractivity (Wildman–Crippen MR) is 120 cm³/mol. The van der Waals surface area contributed by atoms with Crippen LogP contribution in [0.15, 0.2) is 72.0 Å². The van der Waals surface area contributed by atoms with Crippen molar-refractivity contribution < 1.29 is 23.8 Å². The Kier molecular flexibility index (Phi) is 6.82. The van der Waals surface area contributed by atoms with Gasteiger partial charge >= 0.3 is 5.97 Å². The third kappa shape index (κ3) is 4.49. The highest BCUT2D eigenvalue weighted by Gasteiger charge is 2.38. The Balaban J connectivity index is 2.03. The number of esters is 1. The standard InChI is InChI=1S/C24H22ClNO5/c1-5-12-31-18-9-6-16(7-10-18)13-19-22(24(28)30-4)15(2)26(23(19)27)17-8-11-21(29-3)20(25)14-17/h5-11,13-14H,1,12H2,2-4H3/b19-13-. The van der Waals surface area contributed by atoms with Crippen LogP contribution in [-0.4, -0.2) is 32.7 Å². The Bertz CT molecular complexity index is 1090. The molecule has 2 aromatic rings. The zero-order valence-corrected chi connectivity index (χ0v) is 18.2. The van der Waals surface area contributed by atoms with Gasteiger partial charge in [0.05, 0.1) is 36.1 Å². The number of halogens is 1. The van der Waals surface area contributed by atoms with E-state index < -0.39 is 5.97 Å². The lowest BCUT2D eigenvalue weighted by atomic mass is 10.0. The van der Waals surface area contributed by atoms with Crippen molar-refractivity contribution in [3.8, 4) is 11.5 Å². The van der Waals surface area contributed by atoms with Gasteiger partial charge in [-0.05, 0) is 48.9 Å². The van der Waals surface area contributed by atoms with Gasteiger partial charge in [-0.25, -0.2) is 4.79 Å². The highest BCUT2D eigenvalue weighted by Crippen LogP contribution is 2.38. The van der Waals surface area contributed by atoms with Crippen LogP contribution in [-0.2, 0) is 14.3 Å².